The van der Waals surface area contributed by atoms with Crippen LogP contribution in [-0.4, -0.2) is 30.9 Å². The Bertz CT molecular complexity index is 1760. The molecule has 35 heavy (non-hydrogen) atoms. The molecule has 2 heterocycles. The fourth-order valence-electron chi connectivity index (χ4n) is 3.82. The normalized spacial score (nSPS) is 13.1. The van der Waals surface area contributed by atoms with Crippen molar-refractivity contribution in [3.05, 3.63) is 79.8 Å². The molecule has 0 atom stereocenters. The number of H-pyrrole nitrogens is 2. The Morgan fingerprint density at radius 3 is 2.37 bits per heavy atom. The van der Waals surface area contributed by atoms with E-state index in [0.29, 0.717) is 33.6 Å². The first-order chi connectivity index (χ1) is 16.6. The fourth-order valence-corrected chi connectivity index (χ4v) is 5.41. The summed E-state index contributed by atoms with van der Waals surface area (Å²) in [6, 6.07) is 12.7. The van der Waals surface area contributed by atoms with Crippen LogP contribution in [0.1, 0.15) is 5.56 Å². The molecule has 0 aliphatic carbocycles. The van der Waals surface area contributed by atoms with Crippen molar-refractivity contribution in [1.29, 1.82) is 0 Å². The lowest BCUT2D eigenvalue weighted by Crippen LogP contribution is -2.29. The molecule has 1 aliphatic rings. The molecular formula is C23H17ClN4O6S. The number of hydrogen-bond acceptors (Lipinski definition) is 6. The van der Waals surface area contributed by atoms with E-state index >= 15 is 0 Å². The van der Waals surface area contributed by atoms with Crippen LogP contribution in [0.25, 0.3) is 22.2 Å². The van der Waals surface area contributed by atoms with E-state index in [1.807, 2.05) is 0 Å². The summed E-state index contributed by atoms with van der Waals surface area (Å²) in [6.45, 7) is 1.53. The van der Waals surface area contributed by atoms with Gasteiger partial charge in [-0.2, -0.15) is 0 Å². The Balaban J connectivity index is 1.47. The molecule has 12 heteroatoms. The van der Waals surface area contributed by atoms with Gasteiger partial charge in [0.05, 0.1) is 32.3 Å². The van der Waals surface area contributed by atoms with Crippen molar-refractivity contribution in [3.63, 3.8) is 0 Å². The van der Waals surface area contributed by atoms with Crippen LogP contribution in [0.5, 0.6) is 5.75 Å². The number of aryl methyl sites for hydroxylation is 1. The summed E-state index contributed by atoms with van der Waals surface area (Å²) in [4.78, 5) is 39.5. The van der Waals surface area contributed by atoms with Crippen molar-refractivity contribution in [1.82, 2.24) is 9.97 Å². The number of amides is 1. The first kappa shape index (κ1) is 22.7. The molecule has 5 rings (SSSR count). The third kappa shape index (κ3) is 4.27. The van der Waals surface area contributed by atoms with Crippen LogP contribution < -0.4 is 25.9 Å². The van der Waals surface area contributed by atoms with Crippen LogP contribution in [0.15, 0.2) is 63.0 Å². The number of halogens is 1. The van der Waals surface area contributed by atoms with Crippen molar-refractivity contribution in [3.8, 4) is 16.9 Å². The minimum atomic E-state index is -4.06. The van der Waals surface area contributed by atoms with Gasteiger partial charge in [-0.25, -0.2) is 8.42 Å². The average Bonchev–Trinajstić information content (AvgIpc) is 2.79. The molecule has 4 aromatic rings. The zero-order valence-electron chi connectivity index (χ0n) is 18.1. The highest BCUT2D eigenvalue weighted by molar-refractivity contribution is 7.92. The van der Waals surface area contributed by atoms with Crippen LogP contribution in [0.2, 0.25) is 5.02 Å². The number of carbonyl (C=O) groups is 1. The third-order valence-electron chi connectivity index (χ3n) is 5.45. The van der Waals surface area contributed by atoms with E-state index in [1.54, 1.807) is 37.3 Å². The Morgan fingerprint density at radius 2 is 1.66 bits per heavy atom. The highest BCUT2D eigenvalue weighted by Gasteiger charge is 2.20. The number of benzene rings is 3. The van der Waals surface area contributed by atoms with Crippen LogP contribution in [0.4, 0.5) is 11.4 Å². The van der Waals surface area contributed by atoms with E-state index in [4.69, 9.17) is 16.3 Å². The Labute approximate surface area is 203 Å². The van der Waals surface area contributed by atoms with E-state index in [2.05, 4.69) is 20.0 Å². The molecule has 0 saturated carbocycles. The number of carbonyl (C=O) groups excluding carboxylic acids is 1. The summed E-state index contributed by atoms with van der Waals surface area (Å²) in [5.74, 6) is 0.287. The van der Waals surface area contributed by atoms with Crippen LogP contribution in [0.3, 0.4) is 0 Å². The number of hydrogen-bond donors (Lipinski definition) is 4. The minimum absolute atomic E-state index is 0.0490. The highest BCUT2D eigenvalue weighted by atomic mass is 35.5. The summed E-state index contributed by atoms with van der Waals surface area (Å²) in [7, 11) is -4.06. The average molecular weight is 513 g/mol. The van der Waals surface area contributed by atoms with Crippen molar-refractivity contribution in [2.45, 2.75) is 11.8 Å². The predicted molar refractivity (Wildman–Crippen MR) is 132 cm³/mol. The monoisotopic (exact) mass is 512 g/mol. The second kappa shape index (κ2) is 8.29. The summed E-state index contributed by atoms with van der Waals surface area (Å²) in [6.07, 6.45) is 0. The molecule has 178 valence electrons. The summed E-state index contributed by atoms with van der Waals surface area (Å²) in [5.41, 5.74) is 1.23. The number of aromatic nitrogens is 2. The number of rotatable bonds is 4. The van der Waals surface area contributed by atoms with Gasteiger partial charge in [0, 0.05) is 5.56 Å². The van der Waals surface area contributed by atoms with Crippen LogP contribution in [-0.2, 0) is 14.8 Å². The SMILES string of the molecule is Cc1cc2[nH]c(=O)c(=O)[nH]c2cc1S(=O)(=O)Nc1ccc(-c2ccc3c(c2)NC(=O)CO3)c(Cl)c1. The zero-order valence-corrected chi connectivity index (χ0v) is 19.6. The molecule has 3 aromatic carbocycles. The number of ether oxygens (including phenoxy) is 1. The standard InChI is InChI=1S/C23H17ClN4O6S/c1-11-6-16-17(27-23(31)22(30)26-16)9-20(11)35(32,33)28-13-3-4-14(15(24)8-13)12-2-5-19-18(7-12)25-21(29)10-34-19/h2-9,28H,10H2,1H3,(H,25,29)(H,26,30)(H,27,31). The number of aromatic amines is 2. The molecule has 0 fully saturated rings. The molecule has 0 radical (unpaired) electrons. The van der Waals surface area contributed by atoms with Gasteiger partial charge in [-0.15, -0.1) is 0 Å². The van der Waals surface area contributed by atoms with Gasteiger partial charge < -0.3 is 20.0 Å². The molecule has 1 aromatic heterocycles. The molecule has 0 bridgehead atoms. The molecule has 1 aliphatic heterocycles. The van der Waals surface area contributed by atoms with Gasteiger partial charge in [0.2, 0.25) is 0 Å². The van der Waals surface area contributed by atoms with Crippen molar-refractivity contribution >= 4 is 49.9 Å². The molecule has 0 spiro atoms. The maximum atomic E-state index is 13.1. The van der Waals surface area contributed by atoms with Gasteiger partial charge in [-0.3, -0.25) is 19.1 Å². The molecule has 0 saturated heterocycles. The van der Waals surface area contributed by atoms with Crippen molar-refractivity contribution in [2.75, 3.05) is 16.6 Å². The largest absolute Gasteiger partial charge is 0.482 e. The van der Waals surface area contributed by atoms with Gasteiger partial charge in [0.25, 0.3) is 15.9 Å². The molecule has 10 nitrogen and oxygen atoms in total. The molecule has 0 unspecified atom stereocenters. The molecule has 1 amide bonds. The number of sulfonamides is 1. The smallest absolute Gasteiger partial charge is 0.314 e. The second-order valence-electron chi connectivity index (χ2n) is 7.92. The van der Waals surface area contributed by atoms with Gasteiger partial charge in [0.15, 0.2) is 6.61 Å². The lowest BCUT2D eigenvalue weighted by atomic mass is 10.0. The van der Waals surface area contributed by atoms with E-state index in [1.165, 1.54) is 18.2 Å². The molecule has 4 N–H and O–H groups in total. The quantitative estimate of drug-likeness (QED) is 0.309. The van der Waals surface area contributed by atoms with E-state index in [-0.39, 0.29) is 33.6 Å². The third-order valence-corrected chi connectivity index (χ3v) is 7.29. The topological polar surface area (TPSA) is 150 Å². The minimum Gasteiger partial charge on any atom is -0.482 e. The maximum Gasteiger partial charge on any atom is 0.314 e. The second-order valence-corrected chi connectivity index (χ2v) is 9.98. The number of anilines is 2. The Hall–Kier alpha value is -4.09. The molecular weight excluding hydrogens is 496 g/mol. The van der Waals surface area contributed by atoms with Crippen LogP contribution in [0, 0.1) is 6.92 Å². The van der Waals surface area contributed by atoms with Crippen LogP contribution >= 0.6 is 11.6 Å². The van der Waals surface area contributed by atoms with E-state index < -0.39 is 21.1 Å². The number of fused-ring (bicyclic) bond motifs is 2. The summed E-state index contributed by atoms with van der Waals surface area (Å²) in [5, 5.41) is 3.02. The number of nitrogens with one attached hydrogen (secondary N) is 4. The summed E-state index contributed by atoms with van der Waals surface area (Å²) >= 11 is 6.47. The first-order valence-corrected chi connectivity index (χ1v) is 12.1. The summed E-state index contributed by atoms with van der Waals surface area (Å²) < 4.78 is 34.1. The Morgan fingerprint density at radius 1 is 0.943 bits per heavy atom. The fraction of sp³-hybridized carbons (Fsp3) is 0.0870. The lowest BCUT2D eigenvalue weighted by molar-refractivity contribution is -0.118. The first-order valence-electron chi connectivity index (χ1n) is 10.3. The van der Waals surface area contributed by atoms with Crippen molar-refractivity contribution in [2.24, 2.45) is 0 Å². The zero-order chi connectivity index (χ0) is 24.9. The maximum absolute atomic E-state index is 13.1. The van der Waals surface area contributed by atoms with Gasteiger partial charge in [-0.1, -0.05) is 23.7 Å². The highest BCUT2D eigenvalue weighted by Crippen LogP contribution is 2.36. The van der Waals surface area contributed by atoms with Crippen molar-refractivity contribution < 1.29 is 17.9 Å². The predicted octanol–water partition coefficient (Wildman–Crippen LogP) is 2.98. The van der Waals surface area contributed by atoms with Gasteiger partial charge in [0.1, 0.15) is 5.75 Å². The van der Waals surface area contributed by atoms with E-state index in [9.17, 15) is 22.8 Å². The van der Waals surface area contributed by atoms with Gasteiger partial charge in [-0.05, 0) is 54.4 Å². The lowest BCUT2D eigenvalue weighted by Gasteiger charge is -2.19. The van der Waals surface area contributed by atoms with Gasteiger partial charge >= 0.3 is 11.1 Å². The Kier molecular flexibility index (Phi) is 5.37. The van der Waals surface area contributed by atoms with E-state index in [0.717, 1.165) is 0 Å².